The Morgan fingerprint density at radius 2 is 1.96 bits per heavy atom. The maximum atomic E-state index is 12.6. The zero-order valence-corrected chi connectivity index (χ0v) is 14.3. The number of anilines is 1. The molecule has 3 N–H and O–H groups in total. The van der Waals surface area contributed by atoms with Crippen molar-refractivity contribution in [2.45, 2.75) is 57.5 Å². The summed E-state index contributed by atoms with van der Waals surface area (Å²) in [6, 6.07) is 8.43. The van der Waals surface area contributed by atoms with Crippen molar-refractivity contribution in [3.8, 4) is 0 Å². The summed E-state index contributed by atoms with van der Waals surface area (Å²) in [6.45, 7) is 2.56. The highest BCUT2D eigenvalue weighted by molar-refractivity contribution is 6.00. The van der Waals surface area contributed by atoms with Crippen molar-refractivity contribution in [3.05, 3.63) is 29.8 Å². The first-order valence-corrected chi connectivity index (χ1v) is 9.02. The van der Waals surface area contributed by atoms with Crippen LogP contribution in [-0.4, -0.2) is 30.4 Å². The zero-order chi connectivity index (χ0) is 17.1. The molecule has 1 saturated heterocycles. The smallest absolute Gasteiger partial charge is 0.227 e. The molecule has 1 aliphatic heterocycles. The molecule has 1 heterocycles. The van der Waals surface area contributed by atoms with Gasteiger partial charge in [-0.15, -0.1) is 0 Å². The molecule has 24 heavy (non-hydrogen) atoms. The molecule has 2 amide bonds. The highest BCUT2D eigenvalue weighted by Gasteiger charge is 2.36. The van der Waals surface area contributed by atoms with Crippen LogP contribution in [0.4, 0.5) is 5.69 Å². The maximum Gasteiger partial charge on any atom is 0.227 e. The summed E-state index contributed by atoms with van der Waals surface area (Å²) in [4.78, 5) is 26.8. The molecule has 0 bridgehead atoms. The van der Waals surface area contributed by atoms with E-state index < -0.39 is 0 Å². The minimum absolute atomic E-state index is 0.0142. The summed E-state index contributed by atoms with van der Waals surface area (Å²) in [5.74, 6) is -0.194. The van der Waals surface area contributed by atoms with E-state index >= 15 is 0 Å². The largest absolute Gasteiger partial charge is 0.353 e. The first kappa shape index (κ1) is 17.0. The van der Waals surface area contributed by atoms with Crippen LogP contribution >= 0.6 is 0 Å². The highest BCUT2D eigenvalue weighted by atomic mass is 16.2. The molecule has 0 radical (unpaired) electrons. The number of nitrogens with two attached hydrogens (primary N) is 1. The second kappa shape index (κ2) is 7.34. The molecule has 2 aliphatic rings. The fourth-order valence-corrected chi connectivity index (χ4v) is 3.77. The number of hydrogen-bond donors (Lipinski definition) is 2. The van der Waals surface area contributed by atoms with Gasteiger partial charge < -0.3 is 16.0 Å². The van der Waals surface area contributed by atoms with Gasteiger partial charge >= 0.3 is 0 Å². The van der Waals surface area contributed by atoms with Crippen LogP contribution in [0.1, 0.15) is 44.6 Å². The van der Waals surface area contributed by atoms with Crippen molar-refractivity contribution in [1.82, 2.24) is 5.32 Å². The normalized spacial score (nSPS) is 27.3. The Morgan fingerprint density at radius 3 is 2.67 bits per heavy atom. The SMILES string of the molecule is CCc1ccccc1N1CC(C(=O)NC2CCC(N)CC2)CC1=O. The summed E-state index contributed by atoms with van der Waals surface area (Å²) in [7, 11) is 0. The molecule has 3 rings (SSSR count). The van der Waals surface area contributed by atoms with Crippen LogP contribution in [0.5, 0.6) is 0 Å². The van der Waals surface area contributed by atoms with Crippen molar-refractivity contribution in [3.63, 3.8) is 0 Å². The van der Waals surface area contributed by atoms with E-state index in [1.54, 1.807) is 4.90 Å². The van der Waals surface area contributed by atoms with E-state index in [2.05, 4.69) is 12.2 Å². The summed E-state index contributed by atoms with van der Waals surface area (Å²) in [5, 5.41) is 3.13. The molecular weight excluding hydrogens is 302 g/mol. The van der Waals surface area contributed by atoms with Crippen molar-refractivity contribution in [2.24, 2.45) is 11.7 Å². The Balaban J connectivity index is 1.63. The van der Waals surface area contributed by atoms with Crippen LogP contribution in [0.15, 0.2) is 24.3 Å². The van der Waals surface area contributed by atoms with Crippen LogP contribution in [0.2, 0.25) is 0 Å². The van der Waals surface area contributed by atoms with Gasteiger partial charge in [0.05, 0.1) is 5.92 Å². The average Bonchev–Trinajstić information content (AvgIpc) is 2.98. The van der Waals surface area contributed by atoms with Crippen LogP contribution in [0.25, 0.3) is 0 Å². The van der Waals surface area contributed by atoms with E-state index in [4.69, 9.17) is 5.73 Å². The number of amides is 2. The van der Waals surface area contributed by atoms with Gasteiger partial charge in [0.25, 0.3) is 0 Å². The summed E-state index contributed by atoms with van der Waals surface area (Å²) in [5.41, 5.74) is 8.01. The number of aryl methyl sites for hydroxylation is 1. The molecule has 5 nitrogen and oxygen atoms in total. The van der Waals surface area contributed by atoms with Gasteiger partial charge in [0.2, 0.25) is 11.8 Å². The van der Waals surface area contributed by atoms with Crippen LogP contribution in [0, 0.1) is 5.92 Å². The Morgan fingerprint density at radius 1 is 1.25 bits per heavy atom. The molecule has 5 heteroatoms. The maximum absolute atomic E-state index is 12.6. The highest BCUT2D eigenvalue weighted by Crippen LogP contribution is 2.29. The minimum atomic E-state index is -0.252. The molecule has 1 aromatic carbocycles. The van der Waals surface area contributed by atoms with Crippen molar-refractivity contribution < 1.29 is 9.59 Å². The van der Waals surface area contributed by atoms with Gasteiger partial charge in [-0.3, -0.25) is 9.59 Å². The molecule has 2 fully saturated rings. The van der Waals surface area contributed by atoms with E-state index in [-0.39, 0.29) is 29.8 Å². The molecule has 130 valence electrons. The second-order valence-electron chi connectivity index (χ2n) is 7.01. The minimum Gasteiger partial charge on any atom is -0.353 e. The number of benzene rings is 1. The predicted octanol–water partition coefficient (Wildman–Crippen LogP) is 1.99. The number of carbonyl (C=O) groups is 2. The van der Waals surface area contributed by atoms with Crippen LogP contribution < -0.4 is 16.0 Å². The molecule has 0 aromatic heterocycles. The van der Waals surface area contributed by atoms with Gasteiger partial charge in [0.15, 0.2) is 0 Å². The average molecular weight is 329 g/mol. The van der Waals surface area contributed by atoms with Crippen LogP contribution in [-0.2, 0) is 16.0 Å². The molecular formula is C19H27N3O2. The monoisotopic (exact) mass is 329 g/mol. The van der Waals surface area contributed by atoms with Gasteiger partial charge in [-0.2, -0.15) is 0 Å². The van der Waals surface area contributed by atoms with Gasteiger partial charge in [-0.25, -0.2) is 0 Å². The Bertz CT molecular complexity index is 608. The third kappa shape index (κ3) is 3.61. The number of carbonyl (C=O) groups excluding carboxylic acids is 2. The third-order valence-electron chi connectivity index (χ3n) is 5.28. The number of para-hydroxylation sites is 1. The zero-order valence-electron chi connectivity index (χ0n) is 14.3. The number of rotatable bonds is 4. The van der Waals surface area contributed by atoms with Gasteiger partial charge in [0.1, 0.15) is 0 Å². The van der Waals surface area contributed by atoms with Crippen molar-refractivity contribution in [1.29, 1.82) is 0 Å². The van der Waals surface area contributed by atoms with E-state index in [1.807, 2.05) is 24.3 Å². The van der Waals surface area contributed by atoms with E-state index in [9.17, 15) is 9.59 Å². The van der Waals surface area contributed by atoms with E-state index in [0.717, 1.165) is 43.4 Å². The quantitative estimate of drug-likeness (QED) is 0.887. The van der Waals surface area contributed by atoms with Gasteiger partial charge in [-0.05, 0) is 43.7 Å². The Kier molecular flexibility index (Phi) is 5.19. The lowest BCUT2D eigenvalue weighted by molar-refractivity contribution is -0.127. The van der Waals surface area contributed by atoms with E-state index in [1.165, 1.54) is 0 Å². The van der Waals surface area contributed by atoms with Gasteiger partial charge in [-0.1, -0.05) is 25.1 Å². The second-order valence-corrected chi connectivity index (χ2v) is 7.01. The first-order chi connectivity index (χ1) is 11.6. The Labute approximate surface area is 143 Å². The first-order valence-electron chi connectivity index (χ1n) is 9.02. The fourth-order valence-electron chi connectivity index (χ4n) is 3.77. The fraction of sp³-hybridized carbons (Fsp3) is 0.579. The number of nitrogens with one attached hydrogen (secondary N) is 1. The standard InChI is InChI=1S/C19H27N3O2/c1-2-13-5-3-4-6-17(13)22-12-14(11-18(22)23)19(24)21-16-9-7-15(20)8-10-16/h3-6,14-16H,2,7-12,20H2,1H3,(H,21,24). The summed E-state index contributed by atoms with van der Waals surface area (Å²) < 4.78 is 0. The van der Waals surface area contributed by atoms with Crippen LogP contribution in [0.3, 0.4) is 0 Å². The lowest BCUT2D eigenvalue weighted by Crippen LogP contribution is -2.43. The van der Waals surface area contributed by atoms with E-state index in [0.29, 0.717) is 13.0 Å². The summed E-state index contributed by atoms with van der Waals surface area (Å²) in [6.07, 6.45) is 4.98. The molecule has 0 spiro atoms. The summed E-state index contributed by atoms with van der Waals surface area (Å²) >= 11 is 0. The molecule has 1 saturated carbocycles. The molecule has 1 unspecified atom stereocenters. The number of nitrogens with zero attached hydrogens (tertiary/aromatic N) is 1. The van der Waals surface area contributed by atoms with Crippen molar-refractivity contribution in [2.75, 3.05) is 11.4 Å². The topological polar surface area (TPSA) is 75.4 Å². The Hall–Kier alpha value is -1.88. The lowest BCUT2D eigenvalue weighted by atomic mass is 9.91. The molecule has 1 aliphatic carbocycles. The van der Waals surface area contributed by atoms with Gasteiger partial charge in [0, 0.05) is 30.7 Å². The predicted molar refractivity (Wildman–Crippen MR) is 94.7 cm³/mol. The molecule has 1 atom stereocenters. The van der Waals surface area contributed by atoms with Crippen molar-refractivity contribution >= 4 is 17.5 Å². The third-order valence-corrected chi connectivity index (χ3v) is 5.28. The molecule has 1 aromatic rings. The number of hydrogen-bond acceptors (Lipinski definition) is 3. The lowest BCUT2D eigenvalue weighted by Gasteiger charge is -2.27.